The molecule has 0 saturated heterocycles. The number of aromatic amines is 1. The number of benzene rings is 1. The fraction of sp³-hybridized carbons (Fsp3) is 0.273. The molecule has 0 spiro atoms. The summed E-state index contributed by atoms with van der Waals surface area (Å²) in [5.41, 5.74) is 0.462. The van der Waals surface area contributed by atoms with Crippen molar-refractivity contribution in [3.05, 3.63) is 35.6 Å². The van der Waals surface area contributed by atoms with Crippen molar-refractivity contribution in [2.45, 2.75) is 12.7 Å². The summed E-state index contributed by atoms with van der Waals surface area (Å²) in [6.45, 7) is 2.13. The quantitative estimate of drug-likeness (QED) is 0.837. The van der Waals surface area contributed by atoms with Crippen LogP contribution < -0.4 is 9.46 Å². The minimum absolute atomic E-state index is 0.0319. The van der Waals surface area contributed by atoms with Crippen molar-refractivity contribution in [3.8, 4) is 6.01 Å². The van der Waals surface area contributed by atoms with Gasteiger partial charge in [-0.3, -0.25) is 4.72 Å². The lowest BCUT2D eigenvalue weighted by molar-refractivity contribution is 0.314. The zero-order valence-electron chi connectivity index (χ0n) is 10.6. The van der Waals surface area contributed by atoms with Crippen LogP contribution in [0.3, 0.4) is 0 Å². The van der Waals surface area contributed by atoms with Gasteiger partial charge < -0.3 is 4.74 Å². The molecule has 1 aromatic carbocycles. The van der Waals surface area contributed by atoms with Crippen molar-refractivity contribution in [3.63, 3.8) is 0 Å². The lowest BCUT2D eigenvalue weighted by Gasteiger charge is -2.04. The number of aromatic nitrogens is 3. The molecule has 0 aliphatic heterocycles. The van der Waals surface area contributed by atoms with Crippen LogP contribution in [0.25, 0.3) is 0 Å². The van der Waals surface area contributed by atoms with Gasteiger partial charge in [0, 0.05) is 0 Å². The largest absolute Gasteiger partial charge is 0.463 e. The van der Waals surface area contributed by atoms with E-state index in [-0.39, 0.29) is 17.7 Å². The zero-order valence-corrected chi connectivity index (χ0v) is 11.4. The maximum Gasteiger partial charge on any atom is 0.337 e. The number of nitrogens with one attached hydrogen (secondary N) is 2. The second-order valence-electron chi connectivity index (χ2n) is 3.89. The summed E-state index contributed by atoms with van der Waals surface area (Å²) in [7, 11) is -3.66. The van der Waals surface area contributed by atoms with E-state index >= 15 is 0 Å². The van der Waals surface area contributed by atoms with Crippen LogP contribution >= 0.6 is 0 Å². The van der Waals surface area contributed by atoms with Gasteiger partial charge in [0.05, 0.1) is 12.4 Å². The van der Waals surface area contributed by atoms with Crippen LogP contribution in [0.15, 0.2) is 24.3 Å². The number of nitrogens with zero attached hydrogens (tertiary/aromatic N) is 2. The number of anilines is 1. The van der Waals surface area contributed by atoms with E-state index in [1.54, 1.807) is 6.92 Å². The molecule has 20 heavy (non-hydrogen) atoms. The molecule has 1 aromatic heterocycles. The number of hydrogen-bond donors (Lipinski definition) is 2. The highest BCUT2D eigenvalue weighted by Crippen LogP contribution is 2.11. The van der Waals surface area contributed by atoms with Gasteiger partial charge in [0.25, 0.3) is 0 Å². The molecule has 2 aromatic rings. The Balaban J connectivity index is 2.04. The average Bonchev–Trinajstić information content (AvgIpc) is 2.79. The molecular weight excluding hydrogens is 287 g/mol. The molecule has 9 heteroatoms. The van der Waals surface area contributed by atoms with E-state index in [2.05, 4.69) is 19.9 Å². The average molecular weight is 300 g/mol. The molecule has 0 aliphatic carbocycles. The highest BCUT2D eigenvalue weighted by atomic mass is 32.2. The van der Waals surface area contributed by atoms with E-state index in [9.17, 15) is 12.8 Å². The Morgan fingerprint density at radius 1 is 1.35 bits per heavy atom. The van der Waals surface area contributed by atoms with Crippen molar-refractivity contribution in [1.29, 1.82) is 0 Å². The van der Waals surface area contributed by atoms with E-state index in [4.69, 9.17) is 4.74 Å². The molecule has 0 saturated carbocycles. The number of rotatable bonds is 6. The topological polar surface area (TPSA) is 97.0 Å². The van der Waals surface area contributed by atoms with Gasteiger partial charge >= 0.3 is 6.01 Å². The molecule has 7 nitrogen and oxygen atoms in total. The maximum absolute atomic E-state index is 12.7. The second-order valence-corrected chi connectivity index (χ2v) is 5.61. The third-order valence-electron chi connectivity index (χ3n) is 2.26. The zero-order chi connectivity index (χ0) is 14.6. The van der Waals surface area contributed by atoms with Crippen molar-refractivity contribution < 1.29 is 17.5 Å². The molecule has 108 valence electrons. The molecule has 0 amide bonds. The Labute approximate surface area is 115 Å². The van der Waals surface area contributed by atoms with Gasteiger partial charge in [0.15, 0.2) is 0 Å². The summed E-state index contributed by atoms with van der Waals surface area (Å²) in [6, 6.07) is 5.27. The summed E-state index contributed by atoms with van der Waals surface area (Å²) in [5, 5.41) is 6.08. The maximum atomic E-state index is 12.7. The summed E-state index contributed by atoms with van der Waals surface area (Å²) < 4.78 is 43.7. The van der Waals surface area contributed by atoms with Crippen LogP contribution in [0, 0.1) is 5.82 Å². The Kier molecular flexibility index (Phi) is 4.18. The third kappa shape index (κ3) is 3.92. The van der Waals surface area contributed by atoms with E-state index in [0.717, 1.165) is 0 Å². The van der Waals surface area contributed by atoms with Crippen molar-refractivity contribution in [1.82, 2.24) is 15.2 Å². The SMILES string of the molecule is CCOc1n[nH]c(NS(=O)(=O)Cc2ccc(F)cc2)n1. The molecule has 0 unspecified atom stereocenters. The smallest absolute Gasteiger partial charge is 0.337 e. The molecule has 2 rings (SSSR count). The van der Waals surface area contributed by atoms with Gasteiger partial charge in [-0.05, 0) is 24.6 Å². The lowest BCUT2D eigenvalue weighted by atomic mass is 10.2. The summed E-state index contributed by atoms with van der Waals surface area (Å²) in [6.07, 6.45) is 0. The number of halogens is 1. The van der Waals surface area contributed by atoms with Gasteiger partial charge in [-0.1, -0.05) is 12.1 Å². The molecule has 0 aliphatic rings. The van der Waals surface area contributed by atoms with Crippen molar-refractivity contribution in [2.75, 3.05) is 11.3 Å². The van der Waals surface area contributed by atoms with Crippen molar-refractivity contribution in [2.24, 2.45) is 0 Å². The second kappa shape index (κ2) is 5.87. The van der Waals surface area contributed by atoms with Crippen LogP contribution in [0.1, 0.15) is 12.5 Å². The summed E-state index contributed by atoms with van der Waals surface area (Å²) in [5.74, 6) is -0.746. The molecule has 2 N–H and O–H groups in total. The first kappa shape index (κ1) is 14.3. The first-order valence-corrected chi connectivity index (χ1v) is 7.44. The number of ether oxygens (including phenoxy) is 1. The van der Waals surface area contributed by atoms with Crippen LogP contribution in [0.4, 0.5) is 10.3 Å². The summed E-state index contributed by atoms with van der Waals surface area (Å²) in [4.78, 5) is 3.80. The highest BCUT2D eigenvalue weighted by Gasteiger charge is 2.14. The highest BCUT2D eigenvalue weighted by molar-refractivity contribution is 7.91. The third-order valence-corrected chi connectivity index (χ3v) is 3.48. The minimum Gasteiger partial charge on any atom is -0.463 e. The Hall–Kier alpha value is -2.16. The fourth-order valence-electron chi connectivity index (χ4n) is 1.47. The van der Waals surface area contributed by atoms with E-state index in [0.29, 0.717) is 12.2 Å². The fourth-order valence-corrected chi connectivity index (χ4v) is 2.56. The van der Waals surface area contributed by atoms with Gasteiger partial charge in [-0.2, -0.15) is 4.98 Å². The molecule has 0 radical (unpaired) electrons. The normalized spacial score (nSPS) is 11.3. The first-order chi connectivity index (χ1) is 9.48. The predicted molar refractivity (Wildman–Crippen MR) is 70.2 cm³/mol. The number of hydrogen-bond acceptors (Lipinski definition) is 5. The lowest BCUT2D eigenvalue weighted by Crippen LogP contribution is -2.16. The van der Waals surface area contributed by atoms with E-state index in [1.165, 1.54) is 24.3 Å². The van der Waals surface area contributed by atoms with Crippen LogP contribution in [0.5, 0.6) is 6.01 Å². The standard InChI is InChI=1S/C11H13FN4O3S/c1-2-19-11-13-10(14-15-11)16-20(17,18)7-8-3-5-9(12)6-4-8/h3-6H,2,7H2,1H3,(H2,13,14,15,16). The first-order valence-electron chi connectivity index (χ1n) is 5.78. The van der Waals surface area contributed by atoms with E-state index in [1.807, 2.05) is 0 Å². The van der Waals surface area contributed by atoms with Gasteiger partial charge in [-0.15, -0.1) is 5.10 Å². The van der Waals surface area contributed by atoms with Crippen molar-refractivity contribution >= 4 is 16.0 Å². The molecule has 0 atom stereocenters. The van der Waals surface area contributed by atoms with Gasteiger partial charge in [-0.25, -0.2) is 17.9 Å². The van der Waals surface area contributed by atoms with Crippen LogP contribution in [-0.2, 0) is 15.8 Å². The summed E-state index contributed by atoms with van der Waals surface area (Å²) >= 11 is 0. The monoisotopic (exact) mass is 300 g/mol. The number of H-pyrrole nitrogens is 1. The number of sulfonamides is 1. The molecular formula is C11H13FN4O3S. The minimum atomic E-state index is -3.66. The van der Waals surface area contributed by atoms with E-state index < -0.39 is 15.8 Å². The van der Waals surface area contributed by atoms with Gasteiger partial charge in [0.2, 0.25) is 16.0 Å². The Morgan fingerprint density at radius 3 is 2.70 bits per heavy atom. The Morgan fingerprint density at radius 2 is 2.05 bits per heavy atom. The molecule has 0 fully saturated rings. The molecule has 1 heterocycles. The van der Waals surface area contributed by atoms with Crippen LogP contribution in [-0.4, -0.2) is 30.2 Å². The Bertz CT molecular complexity index is 669. The van der Waals surface area contributed by atoms with Crippen LogP contribution in [0.2, 0.25) is 0 Å². The van der Waals surface area contributed by atoms with Gasteiger partial charge in [0.1, 0.15) is 5.82 Å². The molecule has 0 bridgehead atoms. The predicted octanol–water partition coefficient (Wildman–Crippen LogP) is 1.28.